The van der Waals surface area contributed by atoms with Gasteiger partial charge in [0.05, 0.1) is 0 Å². The van der Waals surface area contributed by atoms with Crippen LogP contribution < -0.4 is 9.80 Å². The smallest absolute Gasteiger partial charge is 0.0476 e. The van der Waals surface area contributed by atoms with Gasteiger partial charge in [-0.25, -0.2) is 0 Å². The Kier molecular flexibility index (Phi) is 8.72. The highest BCUT2D eigenvalue weighted by Gasteiger charge is 2.19. The molecule has 11 rings (SSSR count). The Bertz CT molecular complexity index is 3190. The number of hydrogen-bond acceptors (Lipinski definition) is 3. The van der Waals surface area contributed by atoms with Crippen LogP contribution in [0.15, 0.2) is 231 Å². The predicted molar refractivity (Wildman–Crippen MR) is 255 cm³/mol. The molecule has 0 fully saturated rings. The third-order valence-electron chi connectivity index (χ3n) is 11.4. The maximum Gasteiger partial charge on any atom is 0.0476 e. The molecule has 0 atom stereocenters. The van der Waals surface area contributed by atoms with Crippen molar-refractivity contribution < 1.29 is 0 Å². The lowest BCUT2D eigenvalue weighted by Gasteiger charge is -2.25. The Labute approximate surface area is 348 Å². The Morgan fingerprint density at radius 3 is 1.24 bits per heavy atom. The fourth-order valence-corrected chi connectivity index (χ4v) is 9.91. The molecule has 0 N–H and O–H groups in total. The summed E-state index contributed by atoms with van der Waals surface area (Å²) in [6, 6.07) is 83.3. The number of fused-ring (bicyclic) bond motifs is 8. The van der Waals surface area contributed by atoms with Crippen LogP contribution in [-0.4, -0.2) is 0 Å². The summed E-state index contributed by atoms with van der Waals surface area (Å²) in [4.78, 5) is 4.67. The van der Waals surface area contributed by atoms with Crippen LogP contribution in [0.3, 0.4) is 0 Å². The number of nitrogens with zero attached hydrogens (tertiary/aromatic N) is 2. The van der Waals surface area contributed by atoms with Crippen molar-refractivity contribution in [3.63, 3.8) is 0 Å². The van der Waals surface area contributed by atoms with E-state index in [-0.39, 0.29) is 0 Å². The molecule has 0 aliphatic heterocycles. The molecule has 0 unspecified atom stereocenters. The Hall–Kier alpha value is -7.46. The normalized spacial score (nSPS) is 11.4. The van der Waals surface area contributed by atoms with Crippen LogP contribution in [0.25, 0.3) is 64.0 Å². The zero-order chi connectivity index (χ0) is 39.1. The van der Waals surface area contributed by atoms with E-state index in [1.807, 2.05) is 11.3 Å². The van der Waals surface area contributed by atoms with Crippen molar-refractivity contribution in [2.24, 2.45) is 0 Å². The number of benzene rings is 10. The van der Waals surface area contributed by atoms with Crippen LogP contribution in [0.1, 0.15) is 0 Å². The lowest BCUT2D eigenvalue weighted by atomic mass is 9.94. The molecule has 1 aromatic heterocycles. The standard InChI is InChI=1S/C56H38N2S/c1-5-15-39(16-6-1)40-25-30-47(31-26-40)58(45-21-11-4-12-22-45)48-34-36-52-54(38-48)59-56-51-35-29-42(37-53(51)49-23-13-14-24-50(49)55(52)56)41-27-32-46(33-28-41)57(43-17-7-2-8-18-43)44-19-9-3-10-20-44/h1-38H. The van der Waals surface area contributed by atoms with Crippen molar-refractivity contribution in [3.8, 4) is 22.3 Å². The lowest BCUT2D eigenvalue weighted by molar-refractivity contribution is 1.28. The molecule has 10 aromatic carbocycles. The maximum atomic E-state index is 2.39. The average molecular weight is 771 g/mol. The second kappa shape index (κ2) is 14.8. The van der Waals surface area contributed by atoms with E-state index < -0.39 is 0 Å². The van der Waals surface area contributed by atoms with Crippen LogP contribution in [-0.2, 0) is 0 Å². The summed E-state index contributed by atoms with van der Waals surface area (Å²) >= 11 is 1.90. The summed E-state index contributed by atoms with van der Waals surface area (Å²) in [5, 5.41) is 7.76. The molecule has 0 saturated carbocycles. The molecule has 2 nitrogen and oxygen atoms in total. The van der Waals surface area contributed by atoms with Gasteiger partial charge in [0.15, 0.2) is 0 Å². The molecule has 0 aliphatic carbocycles. The van der Waals surface area contributed by atoms with Crippen molar-refractivity contribution in [1.29, 1.82) is 0 Å². The molecule has 0 radical (unpaired) electrons. The molecule has 1 heterocycles. The lowest BCUT2D eigenvalue weighted by Crippen LogP contribution is -2.09. The van der Waals surface area contributed by atoms with Crippen molar-refractivity contribution in [2.75, 3.05) is 9.80 Å². The van der Waals surface area contributed by atoms with Gasteiger partial charge < -0.3 is 9.80 Å². The minimum absolute atomic E-state index is 1.12. The van der Waals surface area contributed by atoms with Gasteiger partial charge in [-0.1, -0.05) is 152 Å². The minimum Gasteiger partial charge on any atom is -0.311 e. The Balaban J connectivity index is 1.01. The first-order valence-electron chi connectivity index (χ1n) is 20.1. The van der Waals surface area contributed by atoms with Crippen molar-refractivity contribution in [2.45, 2.75) is 0 Å². The van der Waals surface area contributed by atoms with E-state index in [4.69, 9.17) is 0 Å². The van der Waals surface area contributed by atoms with Gasteiger partial charge in [-0.05, 0) is 117 Å². The van der Waals surface area contributed by atoms with Gasteiger partial charge >= 0.3 is 0 Å². The molecule has 0 spiro atoms. The van der Waals surface area contributed by atoms with Gasteiger partial charge in [0.25, 0.3) is 0 Å². The molecule has 11 aromatic rings. The molecular weight excluding hydrogens is 733 g/mol. The highest BCUT2D eigenvalue weighted by atomic mass is 32.1. The highest BCUT2D eigenvalue weighted by molar-refractivity contribution is 7.27. The SMILES string of the molecule is c1ccc(-c2ccc(N(c3ccccc3)c3ccc4c(c3)sc3c5ccc(-c6ccc(N(c7ccccc7)c7ccccc7)cc6)cc5c5ccccc5c43)cc2)cc1. The van der Waals surface area contributed by atoms with E-state index in [0.29, 0.717) is 0 Å². The van der Waals surface area contributed by atoms with Gasteiger partial charge in [-0.3, -0.25) is 0 Å². The molecule has 59 heavy (non-hydrogen) atoms. The molecular formula is C56H38N2S. The first kappa shape index (κ1) is 34.8. The molecule has 0 bridgehead atoms. The van der Waals surface area contributed by atoms with E-state index in [2.05, 4.69) is 240 Å². The van der Waals surface area contributed by atoms with Crippen molar-refractivity contribution >= 4 is 87.2 Å². The predicted octanol–water partition coefficient (Wildman–Crippen LogP) is 16.6. The molecule has 0 amide bonds. The first-order chi connectivity index (χ1) is 29.3. The zero-order valence-electron chi connectivity index (χ0n) is 32.2. The second-order valence-corrected chi connectivity index (χ2v) is 16.0. The highest BCUT2D eigenvalue weighted by Crippen LogP contribution is 2.47. The molecule has 3 heteroatoms. The summed E-state index contributed by atoms with van der Waals surface area (Å²) in [7, 11) is 0. The number of rotatable bonds is 8. The number of hydrogen-bond donors (Lipinski definition) is 0. The van der Waals surface area contributed by atoms with Crippen molar-refractivity contribution in [1.82, 2.24) is 0 Å². The van der Waals surface area contributed by atoms with Crippen LogP contribution in [0.2, 0.25) is 0 Å². The van der Waals surface area contributed by atoms with Crippen molar-refractivity contribution in [3.05, 3.63) is 231 Å². The monoisotopic (exact) mass is 770 g/mol. The van der Waals surface area contributed by atoms with Crippen LogP contribution >= 0.6 is 11.3 Å². The first-order valence-corrected chi connectivity index (χ1v) is 20.9. The minimum atomic E-state index is 1.12. The van der Waals surface area contributed by atoms with Gasteiger partial charge in [0, 0.05) is 59.7 Å². The number of para-hydroxylation sites is 3. The number of anilines is 6. The average Bonchev–Trinajstić information content (AvgIpc) is 3.70. The Morgan fingerprint density at radius 2 is 0.661 bits per heavy atom. The number of thiophene rings is 1. The third kappa shape index (κ3) is 6.29. The topological polar surface area (TPSA) is 6.48 Å². The Morgan fingerprint density at radius 1 is 0.254 bits per heavy atom. The van der Waals surface area contributed by atoms with Crippen LogP contribution in [0.4, 0.5) is 34.1 Å². The van der Waals surface area contributed by atoms with Gasteiger partial charge in [-0.2, -0.15) is 0 Å². The molecule has 278 valence electrons. The largest absolute Gasteiger partial charge is 0.311 e. The summed E-state index contributed by atoms with van der Waals surface area (Å²) in [6.45, 7) is 0. The van der Waals surface area contributed by atoms with Gasteiger partial charge in [0.2, 0.25) is 0 Å². The second-order valence-electron chi connectivity index (χ2n) is 14.9. The third-order valence-corrected chi connectivity index (χ3v) is 12.6. The summed E-state index contributed by atoms with van der Waals surface area (Å²) in [5.41, 5.74) is 11.6. The maximum absolute atomic E-state index is 2.39. The summed E-state index contributed by atoms with van der Waals surface area (Å²) in [6.07, 6.45) is 0. The summed E-state index contributed by atoms with van der Waals surface area (Å²) in [5.74, 6) is 0. The zero-order valence-corrected chi connectivity index (χ0v) is 33.1. The fraction of sp³-hybridized carbons (Fsp3) is 0. The van der Waals surface area contributed by atoms with Crippen LogP contribution in [0, 0.1) is 0 Å². The van der Waals surface area contributed by atoms with E-state index in [1.54, 1.807) is 0 Å². The van der Waals surface area contributed by atoms with E-state index in [0.717, 1.165) is 34.1 Å². The van der Waals surface area contributed by atoms with E-state index >= 15 is 0 Å². The van der Waals surface area contributed by atoms with E-state index in [1.165, 1.54) is 64.0 Å². The molecule has 0 saturated heterocycles. The summed E-state index contributed by atoms with van der Waals surface area (Å²) < 4.78 is 2.60. The van der Waals surface area contributed by atoms with E-state index in [9.17, 15) is 0 Å². The molecule has 0 aliphatic rings. The quantitative estimate of drug-likeness (QED) is 0.142. The van der Waals surface area contributed by atoms with Crippen LogP contribution in [0.5, 0.6) is 0 Å². The fourth-order valence-electron chi connectivity index (χ4n) is 8.62. The van der Waals surface area contributed by atoms with Gasteiger partial charge in [-0.15, -0.1) is 11.3 Å². The van der Waals surface area contributed by atoms with Gasteiger partial charge in [0.1, 0.15) is 0 Å².